The number of carbonyl (C=O) groups excluding carboxylic acids is 2. The molecule has 1 unspecified atom stereocenters. The van der Waals surface area contributed by atoms with E-state index in [1.165, 1.54) is 77.0 Å². The molecule has 0 amide bonds. The number of hydrogen-bond donors (Lipinski definition) is 1. The molecular weight excluding hydrogens is 353 g/mol. The van der Waals surface area contributed by atoms with E-state index in [0.717, 1.165) is 12.8 Å². The molecule has 27 heavy (non-hydrogen) atoms. The van der Waals surface area contributed by atoms with Crippen molar-refractivity contribution >= 4 is 11.9 Å². The molecule has 0 heterocycles. The number of esters is 1. The van der Waals surface area contributed by atoms with Gasteiger partial charge >= 0.3 is 35.5 Å². The summed E-state index contributed by atoms with van der Waals surface area (Å²) in [5.41, 5.74) is 5.56. The molecule has 0 aromatic rings. The van der Waals surface area contributed by atoms with E-state index in [0.29, 0.717) is 6.61 Å². The Labute approximate surface area is 188 Å². The molecule has 0 radical (unpaired) electrons. The number of carboxylic acids is 1. The van der Waals surface area contributed by atoms with E-state index in [1.807, 2.05) is 0 Å². The minimum absolute atomic E-state index is 0. The predicted molar refractivity (Wildman–Crippen MR) is 103 cm³/mol. The minimum Gasteiger partial charge on any atom is -0.550 e. The van der Waals surface area contributed by atoms with Crippen LogP contribution in [0.4, 0.5) is 0 Å². The third-order valence-electron chi connectivity index (χ3n) is 4.70. The summed E-state index contributed by atoms with van der Waals surface area (Å²) in [6, 6.07) is -0.862. The fourth-order valence-corrected chi connectivity index (χ4v) is 2.97. The summed E-state index contributed by atoms with van der Waals surface area (Å²) < 4.78 is 5.07. The first-order chi connectivity index (χ1) is 12.6. The Morgan fingerprint density at radius 2 is 1.22 bits per heavy atom. The standard InChI is InChI=1S/C21H41NO4.Na/c1-2-3-4-5-6-7-8-9-10-11-12-13-14-15-18-26-21(25)19(22)16-17-20(23)24;/h19H,2-18,22H2,1H3,(H,23,24);/q;+1/p-1. The van der Waals surface area contributed by atoms with Gasteiger partial charge in [-0.25, -0.2) is 0 Å². The van der Waals surface area contributed by atoms with Gasteiger partial charge in [-0.2, -0.15) is 0 Å². The van der Waals surface area contributed by atoms with Crippen LogP contribution in [-0.4, -0.2) is 24.6 Å². The number of ether oxygens (including phenoxy) is 1. The summed E-state index contributed by atoms with van der Waals surface area (Å²) in [4.78, 5) is 21.8. The topological polar surface area (TPSA) is 92.5 Å². The quantitative estimate of drug-likeness (QED) is 0.200. The third kappa shape index (κ3) is 22.1. The van der Waals surface area contributed by atoms with Gasteiger partial charge in [-0.3, -0.25) is 4.79 Å². The van der Waals surface area contributed by atoms with E-state index in [1.54, 1.807) is 0 Å². The molecule has 0 aliphatic rings. The molecular formula is C21H40NNaO4. The van der Waals surface area contributed by atoms with Crippen LogP contribution in [0.25, 0.3) is 0 Å². The Morgan fingerprint density at radius 3 is 1.63 bits per heavy atom. The van der Waals surface area contributed by atoms with Crippen molar-refractivity contribution < 1.29 is 49.0 Å². The van der Waals surface area contributed by atoms with Crippen molar-refractivity contribution in [2.45, 2.75) is 116 Å². The van der Waals surface area contributed by atoms with E-state index in [-0.39, 0.29) is 42.4 Å². The number of rotatable bonds is 19. The zero-order valence-corrected chi connectivity index (χ0v) is 19.8. The monoisotopic (exact) mass is 393 g/mol. The van der Waals surface area contributed by atoms with Crippen molar-refractivity contribution in [2.24, 2.45) is 5.73 Å². The summed E-state index contributed by atoms with van der Waals surface area (Å²) in [6.45, 7) is 2.63. The van der Waals surface area contributed by atoms with Crippen LogP contribution < -0.4 is 40.4 Å². The Morgan fingerprint density at radius 1 is 0.815 bits per heavy atom. The summed E-state index contributed by atoms with van der Waals surface area (Å²) >= 11 is 0. The van der Waals surface area contributed by atoms with E-state index in [2.05, 4.69) is 6.92 Å². The van der Waals surface area contributed by atoms with Crippen molar-refractivity contribution in [1.29, 1.82) is 0 Å². The van der Waals surface area contributed by atoms with Gasteiger partial charge in [-0.05, 0) is 19.3 Å². The van der Waals surface area contributed by atoms with Crippen LogP contribution >= 0.6 is 0 Å². The number of aliphatic carboxylic acids is 1. The van der Waals surface area contributed by atoms with Gasteiger partial charge in [0.15, 0.2) is 0 Å². The second kappa shape index (κ2) is 22.2. The van der Waals surface area contributed by atoms with Crippen LogP contribution in [0.2, 0.25) is 0 Å². The molecule has 0 rings (SSSR count). The first kappa shape index (κ1) is 29.1. The van der Waals surface area contributed by atoms with Gasteiger partial charge in [-0.15, -0.1) is 0 Å². The molecule has 0 saturated heterocycles. The Balaban J connectivity index is 0. The van der Waals surface area contributed by atoms with Crippen molar-refractivity contribution in [3.8, 4) is 0 Å². The van der Waals surface area contributed by atoms with E-state index in [9.17, 15) is 14.7 Å². The summed E-state index contributed by atoms with van der Waals surface area (Å²) in [6.07, 6.45) is 17.8. The van der Waals surface area contributed by atoms with Gasteiger partial charge in [0.25, 0.3) is 0 Å². The molecule has 154 valence electrons. The first-order valence-corrected chi connectivity index (χ1v) is 10.7. The molecule has 6 heteroatoms. The maximum Gasteiger partial charge on any atom is 1.00 e. The largest absolute Gasteiger partial charge is 1.00 e. The molecule has 0 aliphatic carbocycles. The van der Waals surface area contributed by atoms with Gasteiger partial charge in [0.2, 0.25) is 0 Å². The number of carbonyl (C=O) groups is 2. The van der Waals surface area contributed by atoms with E-state index < -0.39 is 18.0 Å². The van der Waals surface area contributed by atoms with Crippen LogP contribution in [0, 0.1) is 0 Å². The molecule has 2 N–H and O–H groups in total. The summed E-state index contributed by atoms with van der Waals surface area (Å²) in [5, 5.41) is 10.3. The summed E-state index contributed by atoms with van der Waals surface area (Å²) in [7, 11) is 0. The van der Waals surface area contributed by atoms with Crippen molar-refractivity contribution in [3.63, 3.8) is 0 Å². The molecule has 0 bridgehead atoms. The average molecular weight is 394 g/mol. The maximum atomic E-state index is 11.5. The molecule has 0 saturated carbocycles. The first-order valence-electron chi connectivity index (χ1n) is 10.7. The molecule has 1 atom stereocenters. The van der Waals surface area contributed by atoms with Gasteiger partial charge in [0.05, 0.1) is 6.61 Å². The molecule has 0 fully saturated rings. The van der Waals surface area contributed by atoms with Crippen molar-refractivity contribution in [3.05, 3.63) is 0 Å². The van der Waals surface area contributed by atoms with E-state index in [4.69, 9.17) is 10.5 Å². The Bertz CT molecular complexity index is 353. The molecule has 5 nitrogen and oxygen atoms in total. The molecule has 0 aromatic carbocycles. The van der Waals surface area contributed by atoms with E-state index >= 15 is 0 Å². The maximum absolute atomic E-state index is 11.5. The van der Waals surface area contributed by atoms with Crippen LogP contribution in [0.1, 0.15) is 110 Å². The van der Waals surface area contributed by atoms with Gasteiger partial charge < -0.3 is 20.4 Å². The summed E-state index contributed by atoms with van der Waals surface area (Å²) in [5.74, 6) is -1.71. The van der Waals surface area contributed by atoms with Crippen LogP contribution in [0.3, 0.4) is 0 Å². The van der Waals surface area contributed by atoms with Crippen molar-refractivity contribution in [2.75, 3.05) is 6.61 Å². The molecule has 0 aromatic heterocycles. The SMILES string of the molecule is CCCCCCCCCCCCCCCCOC(=O)C(N)CCC(=O)[O-].[Na+]. The minimum atomic E-state index is -1.19. The van der Waals surface area contributed by atoms with Crippen LogP contribution in [0.15, 0.2) is 0 Å². The van der Waals surface area contributed by atoms with Gasteiger partial charge in [0, 0.05) is 5.97 Å². The predicted octanol–water partition coefficient (Wildman–Crippen LogP) is 0.872. The Kier molecular flexibility index (Phi) is 23.9. The third-order valence-corrected chi connectivity index (χ3v) is 4.70. The number of hydrogen-bond acceptors (Lipinski definition) is 5. The molecule has 0 spiro atoms. The Hall–Kier alpha value is -0.100. The number of unbranched alkanes of at least 4 members (excludes halogenated alkanes) is 13. The molecule has 0 aliphatic heterocycles. The van der Waals surface area contributed by atoms with Crippen LogP contribution in [-0.2, 0) is 14.3 Å². The zero-order chi connectivity index (χ0) is 19.5. The van der Waals surface area contributed by atoms with Crippen LogP contribution in [0.5, 0.6) is 0 Å². The fourth-order valence-electron chi connectivity index (χ4n) is 2.97. The average Bonchev–Trinajstić information content (AvgIpc) is 2.62. The second-order valence-electron chi connectivity index (χ2n) is 7.28. The van der Waals surface area contributed by atoms with Gasteiger partial charge in [0.1, 0.15) is 6.04 Å². The zero-order valence-electron chi connectivity index (χ0n) is 17.8. The number of carboxylic acid groups (broad SMARTS) is 1. The number of nitrogens with two attached hydrogens (primary N) is 1. The smallest absolute Gasteiger partial charge is 0.550 e. The van der Waals surface area contributed by atoms with Crippen molar-refractivity contribution in [1.82, 2.24) is 0 Å². The fraction of sp³-hybridized carbons (Fsp3) is 0.905. The second-order valence-corrected chi connectivity index (χ2v) is 7.28. The van der Waals surface area contributed by atoms with Gasteiger partial charge in [-0.1, -0.05) is 90.4 Å². The normalized spacial score (nSPS) is 11.6.